The van der Waals surface area contributed by atoms with E-state index in [1.165, 1.54) is 0 Å². The molecule has 1 fully saturated rings. The second-order valence-corrected chi connectivity index (χ2v) is 7.38. The van der Waals surface area contributed by atoms with Crippen molar-refractivity contribution in [2.75, 3.05) is 18.1 Å². The van der Waals surface area contributed by atoms with E-state index in [1.807, 2.05) is 36.4 Å². The van der Waals surface area contributed by atoms with Gasteiger partial charge in [0.2, 0.25) is 11.8 Å². The van der Waals surface area contributed by atoms with Crippen LogP contribution in [0, 0.1) is 5.92 Å². The third-order valence-corrected chi connectivity index (χ3v) is 5.04. The van der Waals surface area contributed by atoms with Crippen molar-refractivity contribution in [3.05, 3.63) is 59.1 Å². The summed E-state index contributed by atoms with van der Waals surface area (Å²) in [6.07, 6.45) is 2.32. The van der Waals surface area contributed by atoms with Crippen molar-refractivity contribution in [2.24, 2.45) is 5.92 Å². The normalized spacial score (nSPS) is 16.3. The van der Waals surface area contributed by atoms with E-state index in [2.05, 4.69) is 12.2 Å². The maximum Gasteiger partial charge on any atom is 0.227 e. The number of carbonyl (C=O) groups excluding carboxylic acids is 2. The molecular formula is C22H25ClN2O3. The Morgan fingerprint density at radius 1 is 1.18 bits per heavy atom. The molecule has 0 bridgehead atoms. The van der Waals surface area contributed by atoms with E-state index in [-0.39, 0.29) is 24.2 Å². The maximum atomic E-state index is 12.5. The average Bonchev–Trinajstić information content (AvgIpc) is 3.10. The summed E-state index contributed by atoms with van der Waals surface area (Å²) in [4.78, 5) is 26.5. The Bertz CT molecular complexity index is 806. The Morgan fingerprint density at radius 2 is 1.89 bits per heavy atom. The molecule has 1 aliphatic rings. The van der Waals surface area contributed by atoms with Gasteiger partial charge in [0.05, 0.1) is 12.5 Å². The van der Waals surface area contributed by atoms with Gasteiger partial charge in [-0.25, -0.2) is 0 Å². The first-order valence-electron chi connectivity index (χ1n) is 9.62. The minimum Gasteiger partial charge on any atom is -0.494 e. The van der Waals surface area contributed by atoms with Crippen LogP contribution in [0.1, 0.15) is 31.7 Å². The van der Waals surface area contributed by atoms with E-state index < -0.39 is 0 Å². The molecule has 28 heavy (non-hydrogen) atoms. The van der Waals surface area contributed by atoms with E-state index in [0.717, 1.165) is 29.8 Å². The van der Waals surface area contributed by atoms with Crippen molar-refractivity contribution in [2.45, 2.75) is 32.7 Å². The van der Waals surface area contributed by atoms with Crippen LogP contribution in [0.25, 0.3) is 0 Å². The van der Waals surface area contributed by atoms with Gasteiger partial charge in [-0.2, -0.15) is 0 Å². The number of nitrogens with one attached hydrogen (secondary N) is 1. The van der Waals surface area contributed by atoms with Crippen LogP contribution < -0.4 is 15.0 Å². The van der Waals surface area contributed by atoms with E-state index in [4.69, 9.17) is 16.3 Å². The van der Waals surface area contributed by atoms with Gasteiger partial charge in [-0.05, 0) is 48.4 Å². The van der Waals surface area contributed by atoms with Crippen LogP contribution >= 0.6 is 11.6 Å². The minimum absolute atomic E-state index is 0.0358. The van der Waals surface area contributed by atoms with Crippen LogP contribution in [0.5, 0.6) is 5.75 Å². The Hall–Kier alpha value is -2.53. The molecule has 1 saturated heterocycles. The van der Waals surface area contributed by atoms with Gasteiger partial charge in [0.1, 0.15) is 5.75 Å². The first kappa shape index (κ1) is 20.2. The number of anilines is 1. The summed E-state index contributed by atoms with van der Waals surface area (Å²) in [6, 6.07) is 14.8. The molecule has 2 amide bonds. The summed E-state index contributed by atoms with van der Waals surface area (Å²) < 4.78 is 5.66. The zero-order valence-corrected chi connectivity index (χ0v) is 16.7. The minimum atomic E-state index is -0.347. The summed E-state index contributed by atoms with van der Waals surface area (Å²) in [5.41, 5.74) is 1.76. The van der Waals surface area contributed by atoms with Crippen LogP contribution in [0.2, 0.25) is 5.02 Å². The lowest BCUT2D eigenvalue weighted by Gasteiger charge is -2.17. The number of rotatable bonds is 8. The van der Waals surface area contributed by atoms with Crippen molar-refractivity contribution in [3.8, 4) is 5.75 Å². The third kappa shape index (κ3) is 5.26. The number of nitrogens with zero attached hydrogens (tertiary/aromatic N) is 1. The molecule has 3 rings (SSSR count). The van der Waals surface area contributed by atoms with Crippen molar-refractivity contribution in [1.82, 2.24) is 5.32 Å². The lowest BCUT2D eigenvalue weighted by atomic mass is 10.1. The molecule has 1 aliphatic heterocycles. The fourth-order valence-corrected chi connectivity index (χ4v) is 3.25. The quantitative estimate of drug-likeness (QED) is 0.676. The summed E-state index contributed by atoms with van der Waals surface area (Å²) in [5.74, 6) is 0.304. The van der Waals surface area contributed by atoms with Crippen molar-refractivity contribution >= 4 is 29.1 Å². The van der Waals surface area contributed by atoms with Crippen LogP contribution in [-0.4, -0.2) is 25.0 Å². The molecule has 1 heterocycles. The summed E-state index contributed by atoms with van der Waals surface area (Å²) in [6.45, 7) is 3.62. The largest absolute Gasteiger partial charge is 0.494 e. The Morgan fingerprint density at radius 3 is 2.57 bits per heavy atom. The number of halogens is 1. The number of hydrogen-bond acceptors (Lipinski definition) is 3. The summed E-state index contributed by atoms with van der Waals surface area (Å²) in [5, 5.41) is 3.57. The molecule has 0 aliphatic carbocycles. The van der Waals surface area contributed by atoms with Crippen molar-refractivity contribution in [1.29, 1.82) is 0 Å². The highest BCUT2D eigenvalue weighted by Crippen LogP contribution is 2.27. The second-order valence-electron chi connectivity index (χ2n) is 6.95. The molecule has 6 heteroatoms. The van der Waals surface area contributed by atoms with Crippen LogP contribution in [0.3, 0.4) is 0 Å². The number of unbranched alkanes of at least 4 members (excludes halogenated alkanes) is 1. The number of carbonyl (C=O) groups is 2. The van der Waals surface area contributed by atoms with Gasteiger partial charge in [-0.1, -0.05) is 37.1 Å². The smallest absolute Gasteiger partial charge is 0.227 e. The molecular weight excluding hydrogens is 376 g/mol. The highest BCUT2D eigenvalue weighted by Gasteiger charge is 2.34. The van der Waals surface area contributed by atoms with Gasteiger partial charge in [-0.3, -0.25) is 9.59 Å². The number of benzene rings is 2. The highest BCUT2D eigenvalue weighted by atomic mass is 35.5. The first-order valence-corrected chi connectivity index (χ1v) is 10.00. The number of hydrogen-bond donors (Lipinski definition) is 1. The molecule has 1 atom stereocenters. The zero-order chi connectivity index (χ0) is 19.9. The zero-order valence-electron chi connectivity index (χ0n) is 16.0. The van der Waals surface area contributed by atoms with Crippen LogP contribution in [0.4, 0.5) is 5.69 Å². The average molecular weight is 401 g/mol. The maximum absolute atomic E-state index is 12.5. The molecule has 148 valence electrons. The lowest BCUT2D eigenvalue weighted by Crippen LogP contribution is -2.32. The second kappa shape index (κ2) is 9.60. The van der Waals surface area contributed by atoms with Crippen molar-refractivity contribution < 1.29 is 14.3 Å². The molecule has 2 aromatic rings. The molecule has 1 unspecified atom stereocenters. The molecule has 1 N–H and O–H groups in total. The number of amides is 2. The topological polar surface area (TPSA) is 58.6 Å². The third-order valence-electron chi connectivity index (χ3n) is 4.79. The van der Waals surface area contributed by atoms with E-state index >= 15 is 0 Å². The van der Waals surface area contributed by atoms with Gasteiger partial charge in [0.15, 0.2) is 0 Å². The molecule has 0 saturated carbocycles. The predicted octanol–water partition coefficient (Wildman–Crippen LogP) is 4.19. The Kier molecular flexibility index (Phi) is 6.93. The van der Waals surface area contributed by atoms with Gasteiger partial charge in [0, 0.05) is 30.2 Å². The van der Waals surface area contributed by atoms with Gasteiger partial charge in [0.25, 0.3) is 0 Å². The Labute approximate surface area is 170 Å². The Balaban J connectivity index is 1.53. The summed E-state index contributed by atoms with van der Waals surface area (Å²) in [7, 11) is 0. The molecule has 0 spiro atoms. The van der Waals surface area contributed by atoms with E-state index in [1.54, 1.807) is 17.0 Å². The molecule has 0 radical (unpaired) electrons. The van der Waals surface area contributed by atoms with Gasteiger partial charge < -0.3 is 15.0 Å². The van der Waals surface area contributed by atoms with Crippen molar-refractivity contribution in [3.63, 3.8) is 0 Å². The molecule has 5 nitrogen and oxygen atoms in total. The molecule has 2 aromatic carbocycles. The highest BCUT2D eigenvalue weighted by molar-refractivity contribution is 6.30. The summed E-state index contributed by atoms with van der Waals surface area (Å²) >= 11 is 5.87. The van der Waals surface area contributed by atoms with Gasteiger partial charge >= 0.3 is 0 Å². The monoisotopic (exact) mass is 400 g/mol. The first-order chi connectivity index (χ1) is 13.6. The van der Waals surface area contributed by atoms with E-state index in [9.17, 15) is 9.59 Å². The van der Waals surface area contributed by atoms with Crippen LogP contribution in [0.15, 0.2) is 48.5 Å². The van der Waals surface area contributed by atoms with Crippen LogP contribution in [-0.2, 0) is 16.1 Å². The predicted molar refractivity (Wildman–Crippen MR) is 111 cm³/mol. The fourth-order valence-electron chi connectivity index (χ4n) is 3.13. The SMILES string of the molecule is CCCCOc1ccc(N2CC(C(=O)NCc3ccc(Cl)cc3)CC2=O)cc1. The number of ether oxygens (including phenoxy) is 1. The van der Waals surface area contributed by atoms with Gasteiger partial charge in [-0.15, -0.1) is 0 Å². The van der Waals surface area contributed by atoms with E-state index in [0.29, 0.717) is 24.7 Å². The standard InChI is InChI=1S/C22H25ClN2O3/c1-2-3-12-28-20-10-8-19(9-11-20)25-15-17(13-21(25)26)22(27)24-14-16-4-6-18(23)7-5-16/h4-11,17H,2-3,12-15H2,1H3,(H,24,27). The lowest BCUT2D eigenvalue weighted by molar-refractivity contribution is -0.126. The fraction of sp³-hybridized carbons (Fsp3) is 0.364. The molecule has 0 aromatic heterocycles.